The minimum atomic E-state index is -4.83. The number of aryl methyl sites for hydroxylation is 1. The minimum absolute atomic E-state index is 0.0384. The fourth-order valence-electron chi connectivity index (χ4n) is 3.68. The summed E-state index contributed by atoms with van der Waals surface area (Å²) in [4.78, 5) is 26.6. The summed E-state index contributed by atoms with van der Waals surface area (Å²) in [6.07, 6.45) is -1.59. The molecule has 0 fully saturated rings. The largest absolute Gasteiger partial charge is 0.573 e. The van der Waals surface area contributed by atoms with Crippen molar-refractivity contribution in [3.8, 4) is 28.7 Å². The number of alkyl halides is 3. The highest BCUT2D eigenvalue weighted by Gasteiger charge is 2.31. The molecule has 9 nitrogen and oxygen atoms in total. The molecule has 2 aromatic carbocycles. The number of nitrogens with zero attached hydrogens (tertiary/aromatic N) is 6. The Hall–Kier alpha value is -4.48. The molecule has 35 heavy (non-hydrogen) atoms. The first-order valence-corrected chi connectivity index (χ1v) is 10.4. The Bertz CT molecular complexity index is 1610. The SMILES string of the molecule is CCOc1ncc2nc(-c3ccc4nn(C)cc4c3)c(=O)n(-c3ccc(OC(F)(F)F)cc3)c2n1. The van der Waals surface area contributed by atoms with Crippen molar-refractivity contribution in [1.29, 1.82) is 0 Å². The van der Waals surface area contributed by atoms with Gasteiger partial charge in [0.1, 0.15) is 17.0 Å². The first-order chi connectivity index (χ1) is 16.7. The second-order valence-electron chi connectivity index (χ2n) is 7.51. The summed E-state index contributed by atoms with van der Waals surface area (Å²) < 4.78 is 50.0. The van der Waals surface area contributed by atoms with E-state index in [-0.39, 0.29) is 23.0 Å². The first kappa shape index (κ1) is 22.3. The molecule has 3 heterocycles. The van der Waals surface area contributed by atoms with Gasteiger partial charge in [0, 0.05) is 24.2 Å². The van der Waals surface area contributed by atoms with E-state index in [1.54, 1.807) is 36.9 Å². The van der Waals surface area contributed by atoms with Crippen LogP contribution in [0.3, 0.4) is 0 Å². The molecular weight excluding hydrogens is 465 g/mol. The molecule has 5 aromatic rings. The summed E-state index contributed by atoms with van der Waals surface area (Å²) in [6.45, 7) is 2.06. The predicted molar refractivity (Wildman–Crippen MR) is 120 cm³/mol. The Morgan fingerprint density at radius 2 is 1.80 bits per heavy atom. The minimum Gasteiger partial charge on any atom is -0.464 e. The molecular formula is C23H17F3N6O3. The maximum absolute atomic E-state index is 13.7. The van der Waals surface area contributed by atoms with Gasteiger partial charge in [0.05, 0.1) is 24.0 Å². The van der Waals surface area contributed by atoms with Crippen molar-refractivity contribution < 1.29 is 22.6 Å². The second-order valence-corrected chi connectivity index (χ2v) is 7.51. The molecule has 5 rings (SSSR count). The van der Waals surface area contributed by atoms with Gasteiger partial charge in [-0.25, -0.2) is 9.97 Å². The monoisotopic (exact) mass is 482 g/mol. The summed E-state index contributed by atoms with van der Waals surface area (Å²) in [5.74, 6) is -0.417. The van der Waals surface area contributed by atoms with E-state index in [1.807, 2.05) is 6.20 Å². The lowest BCUT2D eigenvalue weighted by Crippen LogP contribution is -2.23. The Balaban J connectivity index is 1.72. The third kappa shape index (κ3) is 4.37. The lowest BCUT2D eigenvalue weighted by Gasteiger charge is -2.14. The van der Waals surface area contributed by atoms with Crippen LogP contribution in [0.25, 0.3) is 39.0 Å². The van der Waals surface area contributed by atoms with E-state index in [0.717, 1.165) is 23.0 Å². The van der Waals surface area contributed by atoms with Gasteiger partial charge >= 0.3 is 12.4 Å². The molecule has 0 atom stereocenters. The fourth-order valence-corrected chi connectivity index (χ4v) is 3.68. The lowest BCUT2D eigenvalue weighted by atomic mass is 10.1. The van der Waals surface area contributed by atoms with Gasteiger partial charge in [0.2, 0.25) is 0 Å². The predicted octanol–water partition coefficient (Wildman–Crippen LogP) is 4.03. The number of benzene rings is 2. The van der Waals surface area contributed by atoms with Crippen LogP contribution in [0.15, 0.2) is 59.7 Å². The van der Waals surface area contributed by atoms with Gasteiger partial charge < -0.3 is 9.47 Å². The Labute approximate surface area is 195 Å². The van der Waals surface area contributed by atoms with Crippen molar-refractivity contribution in [1.82, 2.24) is 29.3 Å². The second kappa shape index (κ2) is 8.38. The normalized spacial score (nSPS) is 11.8. The van der Waals surface area contributed by atoms with Crippen LogP contribution in [-0.4, -0.2) is 42.3 Å². The highest BCUT2D eigenvalue weighted by atomic mass is 19.4. The average molecular weight is 482 g/mol. The van der Waals surface area contributed by atoms with E-state index in [2.05, 4.69) is 24.8 Å². The molecule has 12 heteroatoms. The summed E-state index contributed by atoms with van der Waals surface area (Å²) in [7, 11) is 1.79. The Morgan fingerprint density at radius 1 is 1.03 bits per heavy atom. The summed E-state index contributed by atoms with van der Waals surface area (Å²) >= 11 is 0. The zero-order chi connectivity index (χ0) is 24.7. The van der Waals surface area contributed by atoms with Crippen LogP contribution < -0.4 is 15.0 Å². The third-order valence-corrected chi connectivity index (χ3v) is 5.07. The molecule has 0 aliphatic heterocycles. The number of aromatic nitrogens is 6. The van der Waals surface area contributed by atoms with E-state index < -0.39 is 17.7 Å². The molecule has 0 radical (unpaired) electrons. The van der Waals surface area contributed by atoms with Crippen LogP contribution >= 0.6 is 0 Å². The van der Waals surface area contributed by atoms with E-state index in [4.69, 9.17) is 4.74 Å². The molecule has 3 aromatic heterocycles. The zero-order valence-corrected chi connectivity index (χ0v) is 18.4. The van der Waals surface area contributed by atoms with Gasteiger partial charge in [-0.3, -0.25) is 14.0 Å². The number of rotatable bonds is 5. The van der Waals surface area contributed by atoms with Crippen molar-refractivity contribution in [2.45, 2.75) is 13.3 Å². The van der Waals surface area contributed by atoms with Crippen LogP contribution in [0.5, 0.6) is 11.8 Å². The zero-order valence-electron chi connectivity index (χ0n) is 18.4. The van der Waals surface area contributed by atoms with Crippen LogP contribution in [0.2, 0.25) is 0 Å². The van der Waals surface area contributed by atoms with Crippen molar-refractivity contribution in [3.63, 3.8) is 0 Å². The molecule has 0 N–H and O–H groups in total. The van der Waals surface area contributed by atoms with Gasteiger partial charge in [-0.05, 0) is 43.3 Å². The van der Waals surface area contributed by atoms with Crippen LogP contribution in [0.1, 0.15) is 6.92 Å². The van der Waals surface area contributed by atoms with Crippen LogP contribution in [0, 0.1) is 0 Å². The van der Waals surface area contributed by atoms with Gasteiger partial charge in [-0.1, -0.05) is 6.07 Å². The van der Waals surface area contributed by atoms with E-state index in [0.29, 0.717) is 17.7 Å². The number of fused-ring (bicyclic) bond motifs is 2. The van der Waals surface area contributed by atoms with Crippen molar-refractivity contribution in [3.05, 3.63) is 65.2 Å². The third-order valence-electron chi connectivity index (χ3n) is 5.07. The van der Waals surface area contributed by atoms with Crippen LogP contribution in [0.4, 0.5) is 13.2 Å². The van der Waals surface area contributed by atoms with Gasteiger partial charge in [0.15, 0.2) is 5.65 Å². The highest BCUT2D eigenvalue weighted by Crippen LogP contribution is 2.26. The molecule has 0 bridgehead atoms. The molecule has 0 saturated carbocycles. The van der Waals surface area contributed by atoms with Crippen molar-refractivity contribution in [2.75, 3.05) is 6.61 Å². The number of hydrogen-bond acceptors (Lipinski definition) is 7. The van der Waals surface area contributed by atoms with Gasteiger partial charge in [-0.15, -0.1) is 13.2 Å². The Morgan fingerprint density at radius 3 is 2.51 bits per heavy atom. The lowest BCUT2D eigenvalue weighted by molar-refractivity contribution is -0.274. The van der Waals surface area contributed by atoms with E-state index in [9.17, 15) is 18.0 Å². The molecule has 178 valence electrons. The first-order valence-electron chi connectivity index (χ1n) is 10.4. The van der Waals surface area contributed by atoms with Gasteiger partial charge in [-0.2, -0.15) is 10.1 Å². The Kier molecular flexibility index (Phi) is 5.35. The number of ether oxygens (including phenoxy) is 2. The topological polar surface area (TPSA) is 97.0 Å². The maximum atomic E-state index is 13.7. The van der Waals surface area contributed by atoms with E-state index in [1.165, 1.54) is 22.9 Å². The standard InChI is InChI=1S/C23H17F3N6O3/c1-3-34-22-27-11-18-20(29-22)32(15-5-7-16(8-6-15)35-23(24,25)26)21(33)19(28-18)13-4-9-17-14(10-13)12-31(2)30-17/h4-12H,3H2,1-2H3. The van der Waals surface area contributed by atoms with Crippen molar-refractivity contribution >= 4 is 22.1 Å². The molecule has 0 unspecified atom stereocenters. The molecule has 0 aliphatic carbocycles. The highest BCUT2D eigenvalue weighted by molar-refractivity contribution is 5.84. The molecule has 0 saturated heterocycles. The number of halogens is 3. The van der Waals surface area contributed by atoms with Crippen molar-refractivity contribution in [2.24, 2.45) is 7.05 Å². The molecule has 0 spiro atoms. The summed E-state index contributed by atoms with van der Waals surface area (Å²) in [5, 5.41) is 5.15. The summed E-state index contributed by atoms with van der Waals surface area (Å²) in [5.41, 5.74) is 1.59. The van der Waals surface area contributed by atoms with Crippen LogP contribution in [-0.2, 0) is 7.05 Å². The van der Waals surface area contributed by atoms with Gasteiger partial charge in [0.25, 0.3) is 5.56 Å². The maximum Gasteiger partial charge on any atom is 0.573 e. The quantitative estimate of drug-likeness (QED) is 0.373. The fraction of sp³-hybridized carbons (Fsp3) is 0.174. The summed E-state index contributed by atoms with van der Waals surface area (Å²) in [6, 6.07) is 10.2. The smallest absolute Gasteiger partial charge is 0.464 e. The number of hydrogen-bond donors (Lipinski definition) is 0. The van der Waals surface area contributed by atoms with E-state index >= 15 is 0 Å². The average Bonchev–Trinajstić information content (AvgIpc) is 3.18. The molecule has 0 aliphatic rings. The molecule has 0 amide bonds.